The van der Waals surface area contributed by atoms with Crippen molar-refractivity contribution < 1.29 is 13.5 Å². The van der Waals surface area contributed by atoms with Gasteiger partial charge in [0.1, 0.15) is 0 Å². The Morgan fingerprint density at radius 1 is 1.44 bits per heavy atom. The van der Waals surface area contributed by atoms with Crippen LogP contribution in [-0.2, 0) is 4.74 Å². The van der Waals surface area contributed by atoms with E-state index < -0.39 is 17.7 Å². The van der Waals surface area contributed by atoms with E-state index in [0.29, 0.717) is 6.61 Å². The number of hydrogen-bond acceptors (Lipinski definition) is 2. The van der Waals surface area contributed by atoms with Crippen molar-refractivity contribution in [1.82, 2.24) is 0 Å². The normalized spacial score (nSPS) is 27.0. The minimum absolute atomic E-state index is 0.193. The molecule has 3 atom stereocenters. The lowest BCUT2D eigenvalue weighted by Crippen LogP contribution is -2.30. The Balaban J connectivity index is 2.26. The van der Waals surface area contributed by atoms with E-state index in [9.17, 15) is 8.78 Å². The highest BCUT2D eigenvalue weighted by Crippen LogP contribution is 2.31. The summed E-state index contributed by atoms with van der Waals surface area (Å²) in [5.74, 6) is -1.45. The monoisotopic (exact) mass is 227 g/mol. The maximum atomic E-state index is 13.5. The molecule has 1 aromatic rings. The van der Waals surface area contributed by atoms with Gasteiger partial charge in [-0.15, -0.1) is 0 Å². The number of hydrogen-bond donors (Lipinski definition) is 1. The third-order valence-corrected chi connectivity index (χ3v) is 3.14. The molecule has 1 aliphatic rings. The van der Waals surface area contributed by atoms with Crippen LogP contribution in [0.5, 0.6) is 0 Å². The lowest BCUT2D eigenvalue weighted by Gasteiger charge is -2.23. The molecular formula is C12H15F2NO. The van der Waals surface area contributed by atoms with Gasteiger partial charge in [0.25, 0.3) is 0 Å². The average molecular weight is 227 g/mol. The number of rotatable bonds is 2. The van der Waals surface area contributed by atoms with Gasteiger partial charge >= 0.3 is 0 Å². The first kappa shape index (κ1) is 11.5. The van der Waals surface area contributed by atoms with Gasteiger partial charge in [0.05, 0.1) is 12.1 Å². The van der Waals surface area contributed by atoms with E-state index in [4.69, 9.17) is 10.5 Å². The predicted octanol–water partition coefficient (Wildman–Crippen LogP) is 2.39. The van der Waals surface area contributed by atoms with E-state index in [1.807, 2.05) is 6.92 Å². The Kier molecular flexibility index (Phi) is 3.21. The molecule has 1 fully saturated rings. The minimum atomic E-state index is -0.863. The number of nitrogens with two attached hydrogens (primary N) is 1. The molecule has 4 heteroatoms. The molecule has 1 aromatic carbocycles. The van der Waals surface area contributed by atoms with Gasteiger partial charge in [-0.25, -0.2) is 8.78 Å². The molecule has 1 aliphatic heterocycles. The summed E-state index contributed by atoms with van der Waals surface area (Å²) in [7, 11) is 0. The van der Waals surface area contributed by atoms with Crippen molar-refractivity contribution in [2.45, 2.75) is 25.5 Å². The maximum Gasteiger partial charge on any atom is 0.163 e. The standard InChI is InChI=1S/C12H15F2NO/c1-7-5-6-16-12(7)11(15)8-3-2-4-9(13)10(8)14/h2-4,7,11-12H,5-6,15H2,1H3. The average Bonchev–Trinajstić information content (AvgIpc) is 2.68. The topological polar surface area (TPSA) is 35.2 Å². The molecule has 3 unspecified atom stereocenters. The number of benzene rings is 1. The Morgan fingerprint density at radius 2 is 2.19 bits per heavy atom. The highest BCUT2D eigenvalue weighted by molar-refractivity contribution is 5.23. The van der Waals surface area contributed by atoms with Gasteiger partial charge in [-0.2, -0.15) is 0 Å². The van der Waals surface area contributed by atoms with E-state index >= 15 is 0 Å². The molecule has 0 bridgehead atoms. The molecule has 88 valence electrons. The van der Waals surface area contributed by atoms with Crippen LogP contribution in [0.25, 0.3) is 0 Å². The zero-order chi connectivity index (χ0) is 11.7. The summed E-state index contributed by atoms with van der Waals surface area (Å²) < 4.78 is 32.0. The van der Waals surface area contributed by atoms with Gasteiger partial charge in [0.2, 0.25) is 0 Å². The van der Waals surface area contributed by atoms with Gasteiger partial charge < -0.3 is 10.5 Å². The van der Waals surface area contributed by atoms with Crippen molar-refractivity contribution in [3.63, 3.8) is 0 Å². The lowest BCUT2D eigenvalue weighted by molar-refractivity contribution is 0.0713. The van der Waals surface area contributed by atoms with Crippen molar-refractivity contribution in [3.8, 4) is 0 Å². The second-order valence-corrected chi connectivity index (χ2v) is 4.27. The Morgan fingerprint density at radius 3 is 2.81 bits per heavy atom. The highest BCUT2D eigenvalue weighted by Gasteiger charge is 2.32. The van der Waals surface area contributed by atoms with E-state index in [-0.39, 0.29) is 17.6 Å². The van der Waals surface area contributed by atoms with Crippen LogP contribution in [0.15, 0.2) is 18.2 Å². The summed E-state index contributed by atoms with van der Waals surface area (Å²) in [6.07, 6.45) is 0.686. The molecule has 2 N–H and O–H groups in total. The lowest BCUT2D eigenvalue weighted by atomic mass is 9.93. The first-order chi connectivity index (χ1) is 7.61. The van der Waals surface area contributed by atoms with Gasteiger partial charge in [0.15, 0.2) is 11.6 Å². The molecule has 0 spiro atoms. The van der Waals surface area contributed by atoms with Crippen LogP contribution in [0.4, 0.5) is 8.78 Å². The smallest absolute Gasteiger partial charge is 0.163 e. The SMILES string of the molecule is CC1CCOC1C(N)c1cccc(F)c1F. The van der Waals surface area contributed by atoms with Crippen LogP contribution in [-0.4, -0.2) is 12.7 Å². The maximum absolute atomic E-state index is 13.5. The summed E-state index contributed by atoms with van der Waals surface area (Å²) in [5.41, 5.74) is 6.12. The quantitative estimate of drug-likeness (QED) is 0.842. The summed E-state index contributed by atoms with van der Waals surface area (Å²) in [6, 6.07) is 3.46. The molecule has 0 radical (unpaired) electrons. The number of halogens is 2. The second kappa shape index (κ2) is 4.47. The zero-order valence-electron chi connectivity index (χ0n) is 9.12. The van der Waals surface area contributed by atoms with Crippen molar-refractivity contribution in [3.05, 3.63) is 35.4 Å². The van der Waals surface area contributed by atoms with Crippen LogP contribution in [0, 0.1) is 17.6 Å². The molecule has 1 saturated heterocycles. The summed E-state index contributed by atoms with van der Waals surface area (Å²) >= 11 is 0. The van der Waals surface area contributed by atoms with Crippen LogP contribution >= 0.6 is 0 Å². The fourth-order valence-corrected chi connectivity index (χ4v) is 2.13. The molecule has 2 nitrogen and oxygen atoms in total. The van der Waals surface area contributed by atoms with Crippen molar-refractivity contribution in [1.29, 1.82) is 0 Å². The van der Waals surface area contributed by atoms with Crippen LogP contribution in [0.1, 0.15) is 24.9 Å². The third-order valence-electron chi connectivity index (χ3n) is 3.14. The largest absolute Gasteiger partial charge is 0.376 e. The van der Waals surface area contributed by atoms with Crippen LogP contribution in [0.3, 0.4) is 0 Å². The molecule has 0 aliphatic carbocycles. The van der Waals surface area contributed by atoms with Crippen molar-refractivity contribution >= 4 is 0 Å². The molecule has 0 aromatic heterocycles. The molecule has 1 heterocycles. The van der Waals surface area contributed by atoms with Crippen LogP contribution in [0.2, 0.25) is 0 Å². The highest BCUT2D eigenvalue weighted by atomic mass is 19.2. The minimum Gasteiger partial charge on any atom is -0.376 e. The van der Waals surface area contributed by atoms with Crippen molar-refractivity contribution in [2.75, 3.05) is 6.61 Å². The van der Waals surface area contributed by atoms with Gasteiger partial charge in [0, 0.05) is 12.2 Å². The Bertz CT molecular complexity index is 383. The Hall–Kier alpha value is -1.00. The molecular weight excluding hydrogens is 212 g/mol. The number of ether oxygens (including phenoxy) is 1. The third kappa shape index (κ3) is 1.95. The van der Waals surface area contributed by atoms with E-state index in [2.05, 4.69) is 0 Å². The molecule has 16 heavy (non-hydrogen) atoms. The van der Waals surface area contributed by atoms with Gasteiger partial charge in [-0.3, -0.25) is 0 Å². The molecule has 2 rings (SSSR count). The van der Waals surface area contributed by atoms with E-state index in [0.717, 1.165) is 12.5 Å². The van der Waals surface area contributed by atoms with Gasteiger partial charge in [-0.05, 0) is 18.4 Å². The second-order valence-electron chi connectivity index (χ2n) is 4.27. The summed E-state index contributed by atoms with van der Waals surface area (Å²) in [6.45, 7) is 2.64. The first-order valence-electron chi connectivity index (χ1n) is 5.42. The van der Waals surface area contributed by atoms with E-state index in [1.165, 1.54) is 12.1 Å². The van der Waals surface area contributed by atoms with Crippen molar-refractivity contribution in [2.24, 2.45) is 11.7 Å². The Labute approximate surface area is 93.4 Å². The summed E-state index contributed by atoms with van der Waals surface area (Å²) in [4.78, 5) is 0. The van der Waals surface area contributed by atoms with E-state index in [1.54, 1.807) is 0 Å². The molecule has 0 saturated carbocycles. The van der Waals surface area contributed by atoms with Gasteiger partial charge in [-0.1, -0.05) is 19.1 Å². The fourth-order valence-electron chi connectivity index (χ4n) is 2.13. The van der Waals surface area contributed by atoms with Crippen LogP contribution < -0.4 is 5.73 Å². The fraction of sp³-hybridized carbons (Fsp3) is 0.500. The zero-order valence-corrected chi connectivity index (χ0v) is 9.12. The first-order valence-corrected chi connectivity index (χ1v) is 5.42. The molecule has 0 amide bonds. The summed E-state index contributed by atoms with van der Waals surface area (Å²) in [5, 5.41) is 0. The predicted molar refractivity (Wildman–Crippen MR) is 56.8 cm³/mol.